The molecule has 0 aliphatic carbocycles. The molecule has 4 heterocycles. The second-order valence-electron chi connectivity index (χ2n) is 7.21. The Morgan fingerprint density at radius 1 is 0.875 bits per heavy atom. The maximum absolute atomic E-state index is 11.4. The summed E-state index contributed by atoms with van der Waals surface area (Å²) in [6, 6.07) is 7.33. The van der Waals surface area contributed by atoms with Gasteiger partial charge in [-0.25, -0.2) is 28.0 Å². The molecule has 2 N–H and O–H groups in total. The summed E-state index contributed by atoms with van der Waals surface area (Å²) in [4.78, 5) is 7.97. The standard InChI is InChI=1S/C9H11ClN4O2S.C9H10ClN3.2CH4/c1-5(2)6-3-4-7-12-8(10)9(14(7)13-6)17(11,15)16;1-6(2)7-3-4-9-11-8(10)5-13(9)12-7;;/h3-5H,1-2H3,(H2,11,15,16);3-6H,1-2H3;2*1H4. The van der Waals surface area contributed by atoms with Gasteiger partial charge in [-0.2, -0.15) is 14.7 Å². The van der Waals surface area contributed by atoms with Crippen molar-refractivity contribution in [2.24, 2.45) is 5.14 Å². The number of primary sulfonamides is 1. The van der Waals surface area contributed by atoms with E-state index in [9.17, 15) is 8.42 Å². The van der Waals surface area contributed by atoms with Crippen LogP contribution in [0.4, 0.5) is 0 Å². The van der Waals surface area contributed by atoms with Crippen LogP contribution in [0.25, 0.3) is 11.3 Å². The van der Waals surface area contributed by atoms with E-state index in [0.29, 0.717) is 16.7 Å². The third-order valence-electron chi connectivity index (χ3n) is 4.18. The minimum atomic E-state index is -3.95. The van der Waals surface area contributed by atoms with Gasteiger partial charge in [0.25, 0.3) is 10.0 Å². The van der Waals surface area contributed by atoms with Gasteiger partial charge in [0.2, 0.25) is 5.03 Å². The molecule has 4 aromatic heterocycles. The molecule has 0 saturated carbocycles. The Kier molecular flexibility index (Phi) is 9.17. The number of hydrogen-bond donors (Lipinski definition) is 1. The summed E-state index contributed by atoms with van der Waals surface area (Å²) in [6.45, 7) is 8.10. The van der Waals surface area contributed by atoms with Crippen LogP contribution >= 0.6 is 23.2 Å². The maximum Gasteiger partial charge on any atom is 0.258 e. The molecule has 0 atom stereocenters. The number of imidazole rings is 2. The summed E-state index contributed by atoms with van der Waals surface area (Å²) in [7, 11) is -3.95. The number of sulfonamides is 1. The smallest absolute Gasteiger partial charge is 0.223 e. The molecule has 0 bridgehead atoms. The summed E-state index contributed by atoms with van der Waals surface area (Å²) in [5.41, 5.74) is 2.91. The van der Waals surface area contributed by atoms with E-state index in [4.69, 9.17) is 28.3 Å². The molecule has 4 aromatic rings. The molecule has 0 amide bonds. The summed E-state index contributed by atoms with van der Waals surface area (Å²) in [5, 5.41) is 13.7. The highest BCUT2D eigenvalue weighted by molar-refractivity contribution is 7.89. The normalized spacial score (nSPS) is 11.3. The molecule has 4 rings (SSSR count). The Balaban J connectivity index is 0.000000310. The molecule has 0 radical (unpaired) electrons. The first-order chi connectivity index (χ1) is 14.0. The van der Waals surface area contributed by atoms with E-state index in [0.717, 1.165) is 21.6 Å². The topological polar surface area (TPSA) is 121 Å². The Morgan fingerprint density at radius 3 is 1.94 bits per heavy atom. The lowest BCUT2D eigenvalue weighted by Crippen LogP contribution is -2.16. The highest BCUT2D eigenvalue weighted by Crippen LogP contribution is 2.22. The quantitative estimate of drug-likeness (QED) is 0.424. The van der Waals surface area contributed by atoms with Gasteiger partial charge in [-0.05, 0) is 36.1 Å². The van der Waals surface area contributed by atoms with E-state index < -0.39 is 10.0 Å². The van der Waals surface area contributed by atoms with Gasteiger partial charge < -0.3 is 0 Å². The predicted octanol–water partition coefficient (Wildman–Crippen LogP) is 4.93. The summed E-state index contributed by atoms with van der Waals surface area (Å²) < 4.78 is 25.7. The third kappa shape index (κ3) is 5.94. The van der Waals surface area contributed by atoms with Crippen molar-refractivity contribution >= 4 is 44.5 Å². The lowest BCUT2D eigenvalue weighted by Gasteiger charge is -2.05. The van der Waals surface area contributed by atoms with Crippen LogP contribution in [0.5, 0.6) is 0 Å². The molecular weight excluding hydrogens is 473 g/mol. The first-order valence-electron chi connectivity index (χ1n) is 9.07. The van der Waals surface area contributed by atoms with Crippen LogP contribution in [0.3, 0.4) is 0 Å². The van der Waals surface area contributed by atoms with Crippen LogP contribution in [-0.4, -0.2) is 37.6 Å². The number of fused-ring (bicyclic) bond motifs is 2. The number of aromatic nitrogens is 6. The highest BCUT2D eigenvalue weighted by Gasteiger charge is 2.22. The zero-order chi connectivity index (χ0) is 22.2. The minimum absolute atomic E-state index is 0. The van der Waals surface area contributed by atoms with Crippen LogP contribution in [0.1, 0.15) is 65.8 Å². The molecule has 176 valence electrons. The first kappa shape index (κ1) is 27.8. The molecule has 32 heavy (non-hydrogen) atoms. The van der Waals surface area contributed by atoms with Gasteiger partial charge in [-0.1, -0.05) is 65.8 Å². The number of nitrogens with zero attached hydrogens (tertiary/aromatic N) is 6. The Bertz CT molecular complexity index is 1310. The van der Waals surface area contributed by atoms with Gasteiger partial charge >= 0.3 is 0 Å². The minimum Gasteiger partial charge on any atom is -0.223 e. The molecule has 0 fully saturated rings. The van der Waals surface area contributed by atoms with Crippen molar-refractivity contribution in [2.75, 3.05) is 0 Å². The van der Waals surface area contributed by atoms with Crippen molar-refractivity contribution in [1.82, 2.24) is 29.2 Å². The van der Waals surface area contributed by atoms with Crippen molar-refractivity contribution < 1.29 is 8.42 Å². The van der Waals surface area contributed by atoms with E-state index in [-0.39, 0.29) is 31.0 Å². The molecule has 9 nitrogen and oxygen atoms in total. The fourth-order valence-electron chi connectivity index (χ4n) is 2.62. The SMILES string of the molecule is C.C.CC(C)c1ccc2nc(Cl)c(S(N)(=O)=O)n2n1.CC(C)c1ccc2nc(Cl)cn2n1. The summed E-state index contributed by atoms with van der Waals surface area (Å²) in [6.07, 6.45) is 1.71. The zero-order valence-electron chi connectivity index (χ0n) is 16.8. The fraction of sp³-hybridized carbons (Fsp3) is 0.400. The van der Waals surface area contributed by atoms with Crippen molar-refractivity contribution in [3.05, 3.63) is 52.2 Å². The fourth-order valence-corrected chi connectivity index (χ4v) is 3.95. The largest absolute Gasteiger partial charge is 0.258 e. The average molecular weight is 502 g/mol. The summed E-state index contributed by atoms with van der Waals surface area (Å²) >= 11 is 11.5. The van der Waals surface area contributed by atoms with Crippen LogP contribution in [0.2, 0.25) is 10.3 Å². The second kappa shape index (κ2) is 10.6. The van der Waals surface area contributed by atoms with Gasteiger partial charge in [0.05, 0.1) is 17.6 Å². The molecule has 0 aliphatic rings. The second-order valence-corrected chi connectivity index (χ2v) is 9.44. The van der Waals surface area contributed by atoms with Crippen molar-refractivity contribution in [1.29, 1.82) is 0 Å². The van der Waals surface area contributed by atoms with Crippen LogP contribution < -0.4 is 5.14 Å². The number of hydrogen-bond acceptors (Lipinski definition) is 6. The average Bonchev–Trinajstić information content (AvgIpc) is 3.17. The van der Waals surface area contributed by atoms with Crippen molar-refractivity contribution in [2.45, 2.75) is 59.4 Å². The van der Waals surface area contributed by atoms with Crippen molar-refractivity contribution in [3.63, 3.8) is 0 Å². The van der Waals surface area contributed by atoms with Crippen molar-refractivity contribution in [3.8, 4) is 0 Å². The van der Waals surface area contributed by atoms with Crippen LogP contribution in [-0.2, 0) is 10.0 Å². The lowest BCUT2D eigenvalue weighted by molar-refractivity contribution is 0.588. The maximum atomic E-state index is 11.4. The predicted molar refractivity (Wildman–Crippen MR) is 129 cm³/mol. The number of nitrogens with two attached hydrogens (primary N) is 1. The number of rotatable bonds is 3. The van der Waals surface area contributed by atoms with Crippen LogP contribution in [0, 0.1) is 0 Å². The lowest BCUT2D eigenvalue weighted by atomic mass is 10.1. The molecule has 0 saturated heterocycles. The Hall–Kier alpha value is -2.27. The first-order valence-corrected chi connectivity index (χ1v) is 11.4. The highest BCUT2D eigenvalue weighted by atomic mass is 35.5. The van der Waals surface area contributed by atoms with E-state index >= 15 is 0 Å². The monoisotopic (exact) mass is 501 g/mol. The van der Waals surface area contributed by atoms with Gasteiger partial charge in [-0.15, -0.1) is 0 Å². The molecule has 0 spiro atoms. The van der Waals surface area contributed by atoms with Crippen LogP contribution in [0.15, 0.2) is 35.5 Å². The zero-order valence-corrected chi connectivity index (χ0v) is 19.1. The molecular formula is C20H29Cl2N7O2S. The van der Waals surface area contributed by atoms with Gasteiger partial charge in [0.15, 0.2) is 16.4 Å². The molecule has 0 aliphatic heterocycles. The van der Waals surface area contributed by atoms with Gasteiger partial charge in [0.1, 0.15) is 5.15 Å². The van der Waals surface area contributed by atoms with E-state index in [2.05, 4.69) is 34.0 Å². The van der Waals surface area contributed by atoms with Gasteiger partial charge in [0, 0.05) is 0 Å². The van der Waals surface area contributed by atoms with Gasteiger partial charge in [-0.3, -0.25) is 0 Å². The number of halogens is 2. The molecule has 0 unspecified atom stereocenters. The van der Waals surface area contributed by atoms with E-state index in [1.807, 2.05) is 26.0 Å². The molecule has 0 aromatic carbocycles. The molecule has 12 heteroatoms. The summed E-state index contributed by atoms with van der Waals surface area (Å²) in [5.74, 6) is 0.583. The van der Waals surface area contributed by atoms with E-state index in [1.165, 1.54) is 0 Å². The Morgan fingerprint density at radius 2 is 1.41 bits per heavy atom. The third-order valence-corrected chi connectivity index (χ3v) is 5.64. The Labute approximate surface area is 198 Å². The van der Waals surface area contributed by atoms with E-state index in [1.54, 1.807) is 22.8 Å².